The fourth-order valence-corrected chi connectivity index (χ4v) is 1.37. The molecule has 4 heteroatoms. The quantitative estimate of drug-likeness (QED) is 0.718. The van der Waals surface area contributed by atoms with Crippen molar-refractivity contribution in [3.63, 3.8) is 0 Å². The van der Waals surface area contributed by atoms with E-state index >= 15 is 0 Å². The van der Waals surface area contributed by atoms with Gasteiger partial charge in [-0.05, 0) is 24.1 Å². The summed E-state index contributed by atoms with van der Waals surface area (Å²) in [6.07, 6.45) is 0.879. The lowest BCUT2D eigenvalue weighted by Crippen LogP contribution is -1.84. The van der Waals surface area contributed by atoms with Crippen molar-refractivity contribution in [2.75, 3.05) is 5.88 Å². The average molecular weight is 182 g/mol. The van der Waals surface area contributed by atoms with E-state index in [-0.39, 0.29) is 0 Å². The van der Waals surface area contributed by atoms with Crippen molar-refractivity contribution in [1.29, 1.82) is 0 Å². The van der Waals surface area contributed by atoms with Gasteiger partial charge in [0.25, 0.3) is 0 Å². The predicted molar refractivity (Wildman–Crippen MR) is 48.3 cm³/mol. The molecule has 0 saturated carbocycles. The number of fused-ring (bicyclic) bond motifs is 1. The van der Waals surface area contributed by atoms with Crippen LogP contribution in [-0.2, 0) is 6.42 Å². The first-order valence-electron chi connectivity index (χ1n) is 3.75. The van der Waals surface area contributed by atoms with Crippen LogP contribution in [0.1, 0.15) is 5.56 Å². The van der Waals surface area contributed by atoms with E-state index in [2.05, 4.69) is 15.4 Å². The summed E-state index contributed by atoms with van der Waals surface area (Å²) in [6.45, 7) is 0. The molecule has 0 radical (unpaired) electrons. The summed E-state index contributed by atoms with van der Waals surface area (Å²) in [5, 5.41) is 10.5. The number of nitrogens with one attached hydrogen (secondary N) is 1. The Morgan fingerprint density at radius 3 is 2.92 bits per heavy atom. The largest absolute Gasteiger partial charge is 0.197 e. The Morgan fingerprint density at radius 1 is 1.25 bits per heavy atom. The lowest BCUT2D eigenvalue weighted by atomic mass is 10.1. The Labute approximate surface area is 74.7 Å². The van der Waals surface area contributed by atoms with Crippen LogP contribution in [0.3, 0.4) is 0 Å². The summed E-state index contributed by atoms with van der Waals surface area (Å²) >= 11 is 5.62. The Kier molecular flexibility index (Phi) is 1.96. The third kappa shape index (κ3) is 1.28. The fourth-order valence-electron chi connectivity index (χ4n) is 1.15. The standard InChI is InChI=1S/C8H8ClN3/c9-4-3-6-1-2-7-8(5-6)11-12-10-7/h1-2,5H,3-4H2,(H,10,11,12). The van der Waals surface area contributed by atoms with Gasteiger partial charge in [0, 0.05) is 5.88 Å². The van der Waals surface area contributed by atoms with Gasteiger partial charge in [-0.25, -0.2) is 0 Å². The molecule has 0 fully saturated rings. The van der Waals surface area contributed by atoms with Gasteiger partial charge in [0.2, 0.25) is 0 Å². The molecule has 0 aliphatic rings. The average Bonchev–Trinajstić information content (AvgIpc) is 2.51. The molecule has 0 bridgehead atoms. The second kappa shape index (κ2) is 3.11. The van der Waals surface area contributed by atoms with Crippen molar-refractivity contribution < 1.29 is 0 Å². The van der Waals surface area contributed by atoms with Crippen LogP contribution in [0.2, 0.25) is 0 Å². The molecule has 0 aliphatic heterocycles. The van der Waals surface area contributed by atoms with E-state index in [9.17, 15) is 0 Å². The Bertz CT molecular complexity index is 382. The first-order chi connectivity index (χ1) is 5.90. The van der Waals surface area contributed by atoms with Gasteiger partial charge >= 0.3 is 0 Å². The van der Waals surface area contributed by atoms with Crippen molar-refractivity contribution in [2.24, 2.45) is 0 Å². The maximum Gasteiger partial charge on any atom is 0.113 e. The highest BCUT2D eigenvalue weighted by atomic mass is 35.5. The monoisotopic (exact) mass is 181 g/mol. The summed E-state index contributed by atoms with van der Waals surface area (Å²) in [4.78, 5) is 0. The Hall–Kier alpha value is -1.09. The number of aryl methyl sites for hydroxylation is 1. The molecule has 0 spiro atoms. The molecule has 1 N–H and O–H groups in total. The van der Waals surface area contributed by atoms with E-state index in [4.69, 9.17) is 11.6 Å². The van der Waals surface area contributed by atoms with Crippen LogP contribution < -0.4 is 0 Å². The zero-order chi connectivity index (χ0) is 8.39. The molecule has 62 valence electrons. The summed E-state index contributed by atoms with van der Waals surface area (Å²) in [5.41, 5.74) is 3.00. The van der Waals surface area contributed by atoms with Gasteiger partial charge in [-0.1, -0.05) is 6.07 Å². The number of hydrogen-bond donors (Lipinski definition) is 1. The van der Waals surface area contributed by atoms with Crippen molar-refractivity contribution in [1.82, 2.24) is 15.4 Å². The van der Waals surface area contributed by atoms with Crippen molar-refractivity contribution >= 4 is 22.6 Å². The molecule has 2 rings (SSSR count). The highest BCUT2D eigenvalue weighted by Gasteiger charge is 1.98. The zero-order valence-corrected chi connectivity index (χ0v) is 7.17. The van der Waals surface area contributed by atoms with Crippen LogP contribution in [0, 0.1) is 0 Å². The van der Waals surface area contributed by atoms with E-state index in [0.717, 1.165) is 17.5 Å². The van der Waals surface area contributed by atoms with E-state index in [0.29, 0.717) is 5.88 Å². The first kappa shape index (κ1) is 7.55. The van der Waals surface area contributed by atoms with Crippen LogP contribution in [0.15, 0.2) is 18.2 Å². The van der Waals surface area contributed by atoms with Crippen LogP contribution in [0.5, 0.6) is 0 Å². The molecular weight excluding hydrogens is 174 g/mol. The molecule has 3 nitrogen and oxygen atoms in total. The summed E-state index contributed by atoms with van der Waals surface area (Å²) in [6, 6.07) is 5.97. The van der Waals surface area contributed by atoms with E-state index in [1.807, 2.05) is 18.2 Å². The Balaban J connectivity index is 2.46. The molecule has 2 aromatic rings. The molecule has 1 heterocycles. The smallest absolute Gasteiger partial charge is 0.113 e. The number of rotatable bonds is 2. The van der Waals surface area contributed by atoms with E-state index < -0.39 is 0 Å². The topological polar surface area (TPSA) is 41.6 Å². The normalized spacial score (nSPS) is 10.8. The molecule has 0 atom stereocenters. The third-order valence-corrected chi connectivity index (χ3v) is 1.95. The van der Waals surface area contributed by atoms with Gasteiger partial charge in [0.1, 0.15) is 11.0 Å². The summed E-state index contributed by atoms with van der Waals surface area (Å²) < 4.78 is 0. The predicted octanol–water partition coefficient (Wildman–Crippen LogP) is 1.74. The van der Waals surface area contributed by atoms with Gasteiger partial charge < -0.3 is 0 Å². The Morgan fingerprint density at radius 2 is 2.08 bits per heavy atom. The van der Waals surface area contributed by atoms with Crippen LogP contribution in [0.4, 0.5) is 0 Å². The highest BCUT2D eigenvalue weighted by molar-refractivity contribution is 6.18. The minimum atomic E-state index is 0.642. The van der Waals surface area contributed by atoms with Crippen molar-refractivity contribution in [3.8, 4) is 0 Å². The molecule has 1 aromatic heterocycles. The lowest BCUT2D eigenvalue weighted by Gasteiger charge is -1.94. The SMILES string of the molecule is ClCCc1ccc2n[nH]nc2c1. The number of aromatic nitrogens is 3. The number of hydrogen-bond acceptors (Lipinski definition) is 2. The maximum atomic E-state index is 5.62. The van der Waals surface area contributed by atoms with Gasteiger partial charge in [0.15, 0.2) is 0 Å². The lowest BCUT2D eigenvalue weighted by molar-refractivity contribution is 0.959. The van der Waals surface area contributed by atoms with Crippen LogP contribution in [0.25, 0.3) is 11.0 Å². The van der Waals surface area contributed by atoms with E-state index in [1.54, 1.807) is 0 Å². The number of benzene rings is 1. The third-order valence-electron chi connectivity index (χ3n) is 1.76. The van der Waals surface area contributed by atoms with Gasteiger partial charge in [-0.2, -0.15) is 15.4 Å². The zero-order valence-electron chi connectivity index (χ0n) is 6.42. The van der Waals surface area contributed by atoms with Crippen LogP contribution >= 0.6 is 11.6 Å². The first-order valence-corrected chi connectivity index (χ1v) is 4.29. The molecule has 0 aliphatic carbocycles. The molecule has 0 unspecified atom stereocenters. The second-order valence-corrected chi connectivity index (χ2v) is 2.96. The van der Waals surface area contributed by atoms with Gasteiger partial charge in [0.05, 0.1) is 0 Å². The minimum Gasteiger partial charge on any atom is -0.197 e. The van der Waals surface area contributed by atoms with Crippen LogP contribution in [-0.4, -0.2) is 21.3 Å². The molecule has 0 amide bonds. The molecular formula is C8H8ClN3. The molecule has 12 heavy (non-hydrogen) atoms. The van der Waals surface area contributed by atoms with Gasteiger partial charge in [-0.15, -0.1) is 11.6 Å². The minimum absolute atomic E-state index is 0.642. The molecule has 1 aromatic carbocycles. The molecule has 0 saturated heterocycles. The number of halogens is 1. The number of aromatic amines is 1. The highest BCUT2D eigenvalue weighted by Crippen LogP contribution is 2.11. The fraction of sp³-hybridized carbons (Fsp3) is 0.250. The van der Waals surface area contributed by atoms with Crippen molar-refractivity contribution in [2.45, 2.75) is 6.42 Å². The second-order valence-electron chi connectivity index (χ2n) is 2.59. The van der Waals surface area contributed by atoms with Crippen molar-refractivity contribution in [3.05, 3.63) is 23.8 Å². The number of H-pyrrole nitrogens is 1. The maximum absolute atomic E-state index is 5.62. The summed E-state index contributed by atoms with van der Waals surface area (Å²) in [7, 11) is 0. The van der Waals surface area contributed by atoms with Gasteiger partial charge in [-0.3, -0.25) is 0 Å². The number of nitrogens with zero attached hydrogens (tertiary/aromatic N) is 2. The van der Waals surface area contributed by atoms with E-state index in [1.165, 1.54) is 5.56 Å². The number of alkyl halides is 1. The summed E-state index contributed by atoms with van der Waals surface area (Å²) in [5.74, 6) is 0.642.